The zero-order valence-electron chi connectivity index (χ0n) is 8.24. The van der Waals surface area contributed by atoms with Crippen molar-refractivity contribution in [2.75, 3.05) is 11.9 Å². The molecule has 0 fully saturated rings. The number of anilines is 1. The minimum Gasteiger partial charge on any atom is -0.383 e. The molecule has 0 radical (unpaired) electrons. The van der Waals surface area contributed by atoms with Gasteiger partial charge in [0.05, 0.1) is 10.7 Å². The van der Waals surface area contributed by atoms with Gasteiger partial charge in [-0.15, -0.1) is 0 Å². The molecule has 0 saturated heterocycles. The maximum atomic E-state index is 6.11. The van der Waals surface area contributed by atoms with Crippen LogP contribution in [0, 0.1) is 6.92 Å². The molecule has 1 N–H and O–H groups in total. The number of halogens is 1. The van der Waals surface area contributed by atoms with Crippen molar-refractivity contribution < 1.29 is 0 Å². The van der Waals surface area contributed by atoms with Crippen LogP contribution in [-0.4, -0.2) is 6.54 Å². The predicted octanol–water partition coefficient (Wildman–Crippen LogP) is 3.35. The van der Waals surface area contributed by atoms with Crippen LogP contribution in [0.2, 0.25) is 5.02 Å². The van der Waals surface area contributed by atoms with E-state index in [1.807, 2.05) is 6.07 Å². The fourth-order valence-electron chi connectivity index (χ4n) is 2.12. The van der Waals surface area contributed by atoms with Gasteiger partial charge in [-0.05, 0) is 24.1 Å². The third kappa shape index (κ3) is 1.22. The molecule has 2 rings (SSSR count). The predicted molar refractivity (Wildman–Crippen MR) is 57.7 cm³/mol. The highest BCUT2D eigenvalue weighted by Crippen LogP contribution is 2.42. The van der Waals surface area contributed by atoms with Crippen LogP contribution in [-0.2, 0) is 5.41 Å². The number of hydrogen-bond donors (Lipinski definition) is 1. The molecule has 1 aromatic rings. The summed E-state index contributed by atoms with van der Waals surface area (Å²) in [5.41, 5.74) is 4.05. The fraction of sp³-hybridized carbons (Fsp3) is 0.455. The minimum atomic E-state index is 0.213. The summed E-state index contributed by atoms with van der Waals surface area (Å²) in [4.78, 5) is 0. The van der Waals surface area contributed by atoms with Gasteiger partial charge < -0.3 is 5.32 Å². The maximum Gasteiger partial charge on any atom is 0.0640 e. The lowest BCUT2D eigenvalue weighted by Gasteiger charge is -2.19. The first-order valence-electron chi connectivity index (χ1n) is 4.56. The molecule has 13 heavy (non-hydrogen) atoms. The van der Waals surface area contributed by atoms with Crippen molar-refractivity contribution >= 4 is 17.3 Å². The normalized spacial score (nSPS) is 18.2. The van der Waals surface area contributed by atoms with Gasteiger partial charge in [0.25, 0.3) is 0 Å². The third-order valence-electron chi connectivity index (χ3n) is 2.75. The summed E-state index contributed by atoms with van der Waals surface area (Å²) in [5, 5.41) is 4.21. The summed E-state index contributed by atoms with van der Waals surface area (Å²) < 4.78 is 0. The number of aryl methyl sites for hydroxylation is 1. The molecule has 0 bridgehead atoms. The smallest absolute Gasteiger partial charge is 0.0640 e. The summed E-state index contributed by atoms with van der Waals surface area (Å²) in [6.45, 7) is 7.61. The Morgan fingerprint density at radius 1 is 1.38 bits per heavy atom. The molecule has 1 aliphatic rings. The van der Waals surface area contributed by atoms with Gasteiger partial charge in [0.1, 0.15) is 0 Å². The van der Waals surface area contributed by atoms with E-state index in [9.17, 15) is 0 Å². The van der Waals surface area contributed by atoms with Crippen LogP contribution in [0.25, 0.3) is 0 Å². The molecule has 0 spiro atoms. The second kappa shape index (κ2) is 2.65. The van der Waals surface area contributed by atoms with E-state index in [2.05, 4.69) is 32.2 Å². The van der Waals surface area contributed by atoms with Crippen LogP contribution in [0.4, 0.5) is 5.69 Å². The highest BCUT2D eigenvalue weighted by Gasteiger charge is 2.32. The molecule has 1 nitrogen and oxygen atoms in total. The van der Waals surface area contributed by atoms with Crippen LogP contribution in [0.15, 0.2) is 12.1 Å². The van der Waals surface area contributed by atoms with Gasteiger partial charge in [0, 0.05) is 12.0 Å². The van der Waals surface area contributed by atoms with Gasteiger partial charge in [-0.2, -0.15) is 0 Å². The Morgan fingerprint density at radius 3 is 2.69 bits per heavy atom. The lowest BCUT2D eigenvalue weighted by atomic mass is 9.84. The lowest BCUT2D eigenvalue weighted by Crippen LogP contribution is -2.19. The summed E-state index contributed by atoms with van der Waals surface area (Å²) >= 11 is 6.11. The molecule has 2 heteroatoms. The standard InChI is InChI=1S/C11H14ClN/c1-7-4-5-8(12)10-9(7)11(2,3)6-13-10/h4-5,13H,6H2,1-3H3. The molecule has 0 aliphatic carbocycles. The Morgan fingerprint density at radius 2 is 2.08 bits per heavy atom. The molecule has 0 saturated carbocycles. The highest BCUT2D eigenvalue weighted by molar-refractivity contribution is 6.33. The Bertz CT molecular complexity index is 355. The average Bonchev–Trinajstić information content (AvgIpc) is 2.36. The number of hydrogen-bond acceptors (Lipinski definition) is 1. The van der Waals surface area contributed by atoms with Crippen molar-refractivity contribution in [3.8, 4) is 0 Å². The minimum absolute atomic E-state index is 0.213. The quantitative estimate of drug-likeness (QED) is 0.670. The zero-order valence-corrected chi connectivity index (χ0v) is 9.00. The van der Waals surface area contributed by atoms with Gasteiger partial charge >= 0.3 is 0 Å². The number of fused-ring (bicyclic) bond motifs is 1. The molecule has 0 amide bonds. The maximum absolute atomic E-state index is 6.11. The first-order chi connectivity index (χ1) is 6.02. The molecule has 1 aromatic carbocycles. The molecular weight excluding hydrogens is 182 g/mol. The van der Waals surface area contributed by atoms with E-state index in [0.717, 1.165) is 17.3 Å². The van der Waals surface area contributed by atoms with Crippen molar-refractivity contribution in [2.45, 2.75) is 26.2 Å². The third-order valence-corrected chi connectivity index (χ3v) is 3.06. The van der Waals surface area contributed by atoms with E-state index in [1.54, 1.807) is 0 Å². The van der Waals surface area contributed by atoms with Crippen LogP contribution >= 0.6 is 11.6 Å². The molecule has 0 atom stereocenters. The number of nitrogens with one attached hydrogen (secondary N) is 1. The van der Waals surface area contributed by atoms with Crippen LogP contribution < -0.4 is 5.32 Å². The Labute approximate surface area is 84.1 Å². The van der Waals surface area contributed by atoms with Crippen LogP contribution in [0.5, 0.6) is 0 Å². The van der Waals surface area contributed by atoms with Gasteiger partial charge in [-0.25, -0.2) is 0 Å². The second-order valence-electron chi connectivity index (χ2n) is 4.35. The van der Waals surface area contributed by atoms with Gasteiger partial charge in [0.2, 0.25) is 0 Å². The van der Waals surface area contributed by atoms with E-state index in [-0.39, 0.29) is 5.41 Å². The van der Waals surface area contributed by atoms with E-state index in [1.165, 1.54) is 11.1 Å². The van der Waals surface area contributed by atoms with Gasteiger partial charge in [0.15, 0.2) is 0 Å². The number of rotatable bonds is 0. The molecule has 1 heterocycles. The number of benzene rings is 1. The van der Waals surface area contributed by atoms with E-state index in [0.29, 0.717) is 0 Å². The topological polar surface area (TPSA) is 12.0 Å². The molecular formula is C11H14ClN. The lowest BCUT2D eigenvalue weighted by molar-refractivity contribution is 0.583. The molecule has 0 aromatic heterocycles. The van der Waals surface area contributed by atoms with Gasteiger partial charge in [-0.3, -0.25) is 0 Å². The first-order valence-corrected chi connectivity index (χ1v) is 4.93. The SMILES string of the molecule is Cc1ccc(Cl)c2c1C(C)(C)CN2. The summed E-state index contributed by atoms with van der Waals surface area (Å²) in [6.07, 6.45) is 0. The van der Waals surface area contributed by atoms with Gasteiger partial charge in [-0.1, -0.05) is 31.5 Å². The highest BCUT2D eigenvalue weighted by atomic mass is 35.5. The first kappa shape index (κ1) is 8.89. The van der Waals surface area contributed by atoms with E-state index >= 15 is 0 Å². The van der Waals surface area contributed by atoms with Crippen molar-refractivity contribution in [1.82, 2.24) is 0 Å². The largest absolute Gasteiger partial charge is 0.383 e. The van der Waals surface area contributed by atoms with Crippen molar-refractivity contribution in [3.63, 3.8) is 0 Å². The van der Waals surface area contributed by atoms with Crippen molar-refractivity contribution in [2.24, 2.45) is 0 Å². The monoisotopic (exact) mass is 195 g/mol. The average molecular weight is 196 g/mol. The van der Waals surface area contributed by atoms with Crippen molar-refractivity contribution in [1.29, 1.82) is 0 Å². The Kier molecular flexibility index (Phi) is 1.81. The second-order valence-corrected chi connectivity index (χ2v) is 4.76. The summed E-state index contributed by atoms with van der Waals surface area (Å²) in [7, 11) is 0. The summed E-state index contributed by atoms with van der Waals surface area (Å²) in [6, 6.07) is 4.06. The van der Waals surface area contributed by atoms with Crippen LogP contribution in [0.3, 0.4) is 0 Å². The van der Waals surface area contributed by atoms with Crippen LogP contribution in [0.1, 0.15) is 25.0 Å². The van der Waals surface area contributed by atoms with E-state index in [4.69, 9.17) is 11.6 Å². The van der Waals surface area contributed by atoms with E-state index < -0.39 is 0 Å². The zero-order chi connectivity index (χ0) is 9.64. The van der Waals surface area contributed by atoms with Crippen molar-refractivity contribution in [3.05, 3.63) is 28.3 Å². The Hall–Kier alpha value is -0.690. The molecule has 0 unspecified atom stereocenters. The fourth-order valence-corrected chi connectivity index (χ4v) is 2.35. The summed E-state index contributed by atoms with van der Waals surface area (Å²) in [5.74, 6) is 0. The molecule has 1 aliphatic heterocycles. The molecule has 70 valence electrons. The Balaban J connectivity index is 2.70.